The third-order valence-electron chi connectivity index (χ3n) is 0.566. The van der Waals surface area contributed by atoms with Crippen LogP contribution in [0.5, 0.6) is 0 Å². The summed E-state index contributed by atoms with van der Waals surface area (Å²) in [4.78, 5) is 13.1. The monoisotopic (exact) mass is 281 g/mol. The molecular formula is C7H9Br2NO. The standard InChI is InChI=1S/C5H5N.C2H3BrO.BrH/c1-2-4-6-5-3-1;1-2(3)4;/h1-5H;1H3;1H. The summed E-state index contributed by atoms with van der Waals surface area (Å²) in [5.74, 6) is 0. The third kappa shape index (κ3) is 17.7. The summed E-state index contributed by atoms with van der Waals surface area (Å²) in [5, 5.41) is 0. The van der Waals surface area contributed by atoms with Gasteiger partial charge >= 0.3 is 0 Å². The van der Waals surface area contributed by atoms with E-state index >= 15 is 0 Å². The molecule has 0 bridgehead atoms. The number of halogens is 2. The Morgan fingerprint density at radius 1 is 1.27 bits per heavy atom. The van der Waals surface area contributed by atoms with Crippen LogP contribution in [0.4, 0.5) is 0 Å². The molecule has 0 N–H and O–H groups in total. The Kier molecular flexibility index (Phi) is 11.9. The van der Waals surface area contributed by atoms with Gasteiger partial charge in [0.1, 0.15) is 0 Å². The Hall–Kier alpha value is -0.220. The molecule has 0 spiro atoms. The average Bonchev–Trinajstić information content (AvgIpc) is 1.90. The predicted molar refractivity (Wildman–Crippen MR) is 54.2 cm³/mol. The van der Waals surface area contributed by atoms with Gasteiger partial charge in [-0.1, -0.05) is 6.07 Å². The van der Waals surface area contributed by atoms with Gasteiger partial charge in [-0.25, -0.2) is 0 Å². The summed E-state index contributed by atoms with van der Waals surface area (Å²) in [5.41, 5.74) is 0. The van der Waals surface area contributed by atoms with Gasteiger partial charge < -0.3 is 0 Å². The smallest absolute Gasteiger partial charge is 0.194 e. The van der Waals surface area contributed by atoms with Crippen LogP contribution in [0.15, 0.2) is 30.6 Å². The molecule has 62 valence electrons. The maximum atomic E-state index is 9.36. The highest BCUT2D eigenvalue weighted by atomic mass is 79.9. The highest BCUT2D eigenvalue weighted by Crippen LogP contribution is 1.74. The number of nitrogens with zero attached hydrogens (tertiary/aromatic N) is 1. The van der Waals surface area contributed by atoms with Crippen molar-refractivity contribution in [2.45, 2.75) is 6.92 Å². The first kappa shape index (κ1) is 13.4. The van der Waals surface area contributed by atoms with Crippen LogP contribution in [0.2, 0.25) is 0 Å². The van der Waals surface area contributed by atoms with Crippen molar-refractivity contribution in [3.63, 3.8) is 0 Å². The molecule has 0 unspecified atom stereocenters. The van der Waals surface area contributed by atoms with Crippen LogP contribution in [-0.4, -0.2) is 9.68 Å². The van der Waals surface area contributed by atoms with Gasteiger partial charge in [0, 0.05) is 19.3 Å². The fourth-order valence-corrected chi connectivity index (χ4v) is 0.313. The molecule has 1 aromatic rings. The quantitative estimate of drug-likeness (QED) is 0.685. The van der Waals surface area contributed by atoms with E-state index in [-0.39, 0.29) is 21.7 Å². The lowest BCUT2D eigenvalue weighted by molar-refractivity contribution is -0.108. The molecule has 0 saturated heterocycles. The van der Waals surface area contributed by atoms with Crippen molar-refractivity contribution < 1.29 is 4.79 Å². The van der Waals surface area contributed by atoms with Gasteiger partial charge in [-0.3, -0.25) is 9.78 Å². The van der Waals surface area contributed by atoms with Crippen LogP contribution in [0.1, 0.15) is 6.92 Å². The summed E-state index contributed by atoms with van der Waals surface area (Å²) in [7, 11) is 0. The number of hydrogen-bond donors (Lipinski definition) is 0. The third-order valence-corrected chi connectivity index (χ3v) is 0.566. The summed E-state index contributed by atoms with van der Waals surface area (Å²) < 4.78 is -0.0208. The predicted octanol–water partition coefficient (Wildman–Crippen LogP) is 2.59. The van der Waals surface area contributed by atoms with E-state index in [1.165, 1.54) is 6.92 Å². The largest absolute Gasteiger partial charge is 0.287 e. The van der Waals surface area contributed by atoms with Crippen LogP contribution in [0.25, 0.3) is 0 Å². The zero-order valence-electron chi connectivity index (χ0n) is 6.03. The number of carbonyl (C=O) groups is 1. The minimum Gasteiger partial charge on any atom is -0.287 e. The van der Waals surface area contributed by atoms with Gasteiger partial charge in [0.2, 0.25) is 0 Å². The lowest BCUT2D eigenvalue weighted by Gasteiger charge is -1.70. The van der Waals surface area contributed by atoms with Gasteiger partial charge in [0.05, 0.1) is 0 Å². The van der Waals surface area contributed by atoms with E-state index in [4.69, 9.17) is 0 Å². The SMILES string of the molecule is Br.CC(=O)Br.c1ccncc1. The zero-order valence-corrected chi connectivity index (χ0v) is 9.33. The lowest BCUT2D eigenvalue weighted by atomic mass is 10.5. The Bertz CT molecular complexity index is 148. The van der Waals surface area contributed by atoms with E-state index in [9.17, 15) is 4.79 Å². The number of aromatic nitrogens is 1. The number of carbonyl (C=O) groups excluding carboxylic acids is 1. The summed E-state index contributed by atoms with van der Waals surface area (Å²) in [6, 6.07) is 5.72. The Morgan fingerprint density at radius 3 is 1.73 bits per heavy atom. The molecule has 11 heavy (non-hydrogen) atoms. The molecule has 0 aliphatic heterocycles. The van der Waals surface area contributed by atoms with Crippen LogP contribution in [-0.2, 0) is 4.79 Å². The number of hydrogen-bond acceptors (Lipinski definition) is 2. The fraction of sp³-hybridized carbons (Fsp3) is 0.143. The van der Waals surface area contributed by atoms with Crippen LogP contribution >= 0.6 is 32.9 Å². The molecule has 0 fully saturated rings. The highest BCUT2D eigenvalue weighted by molar-refractivity contribution is 9.18. The molecule has 1 heterocycles. The molecule has 0 amide bonds. The molecule has 0 aliphatic rings. The molecule has 1 rings (SSSR count). The Balaban J connectivity index is 0. The fourth-order valence-electron chi connectivity index (χ4n) is 0.313. The van der Waals surface area contributed by atoms with Crippen molar-refractivity contribution in [3.05, 3.63) is 30.6 Å². The summed E-state index contributed by atoms with van der Waals surface area (Å²) in [6.45, 7) is 1.44. The second-order valence-corrected chi connectivity index (χ2v) is 2.61. The second-order valence-electron chi connectivity index (χ2n) is 1.49. The molecule has 0 atom stereocenters. The summed E-state index contributed by atoms with van der Waals surface area (Å²) in [6.07, 6.45) is 3.50. The van der Waals surface area contributed by atoms with Crippen molar-refractivity contribution in [2.75, 3.05) is 0 Å². The van der Waals surface area contributed by atoms with E-state index in [1.54, 1.807) is 12.4 Å². The zero-order chi connectivity index (χ0) is 7.82. The van der Waals surface area contributed by atoms with Gasteiger partial charge in [0.25, 0.3) is 0 Å². The molecular weight excluding hydrogens is 274 g/mol. The van der Waals surface area contributed by atoms with Crippen molar-refractivity contribution in [2.24, 2.45) is 0 Å². The van der Waals surface area contributed by atoms with Gasteiger partial charge in [0.15, 0.2) is 4.69 Å². The first-order chi connectivity index (χ1) is 4.73. The second kappa shape index (κ2) is 9.78. The minimum absolute atomic E-state index is 0. The maximum absolute atomic E-state index is 9.36. The molecule has 1 aromatic heterocycles. The molecule has 0 saturated carbocycles. The normalized spacial score (nSPS) is 6.73. The van der Waals surface area contributed by atoms with Gasteiger partial charge in [-0.05, 0) is 28.1 Å². The molecule has 0 aliphatic carbocycles. The van der Waals surface area contributed by atoms with E-state index in [2.05, 4.69) is 20.9 Å². The number of rotatable bonds is 0. The first-order valence-electron chi connectivity index (χ1n) is 2.74. The van der Waals surface area contributed by atoms with Gasteiger partial charge in [-0.15, -0.1) is 17.0 Å². The Labute approximate surface area is 84.9 Å². The summed E-state index contributed by atoms with van der Waals surface area (Å²) >= 11 is 2.63. The topological polar surface area (TPSA) is 30.0 Å². The van der Waals surface area contributed by atoms with E-state index in [0.717, 1.165) is 0 Å². The van der Waals surface area contributed by atoms with Crippen molar-refractivity contribution >= 4 is 37.6 Å². The van der Waals surface area contributed by atoms with E-state index < -0.39 is 0 Å². The Morgan fingerprint density at radius 2 is 1.64 bits per heavy atom. The van der Waals surface area contributed by atoms with Crippen molar-refractivity contribution in [1.29, 1.82) is 0 Å². The van der Waals surface area contributed by atoms with Crippen molar-refractivity contribution in [3.8, 4) is 0 Å². The van der Waals surface area contributed by atoms with E-state index in [1.807, 2.05) is 18.2 Å². The van der Waals surface area contributed by atoms with Gasteiger partial charge in [-0.2, -0.15) is 0 Å². The number of pyridine rings is 1. The van der Waals surface area contributed by atoms with Crippen LogP contribution in [0, 0.1) is 0 Å². The first-order valence-corrected chi connectivity index (χ1v) is 3.54. The molecule has 0 aromatic carbocycles. The van der Waals surface area contributed by atoms with Crippen molar-refractivity contribution in [1.82, 2.24) is 4.98 Å². The van der Waals surface area contributed by atoms with E-state index in [0.29, 0.717) is 0 Å². The average molecular weight is 283 g/mol. The van der Waals surface area contributed by atoms with Crippen LogP contribution in [0.3, 0.4) is 0 Å². The highest BCUT2D eigenvalue weighted by Gasteiger charge is 1.66. The maximum Gasteiger partial charge on any atom is 0.194 e. The molecule has 2 nitrogen and oxygen atoms in total. The minimum atomic E-state index is -0.0208. The van der Waals surface area contributed by atoms with Crippen LogP contribution < -0.4 is 0 Å². The lowest BCUT2D eigenvalue weighted by Crippen LogP contribution is -1.60. The molecule has 0 radical (unpaired) electrons. The molecule has 4 heteroatoms.